The largest absolute Gasteiger partial charge is 1.00 e. The van der Waals surface area contributed by atoms with Crippen molar-refractivity contribution in [3.05, 3.63) is 120 Å². The molecule has 0 aliphatic heterocycles. The summed E-state index contributed by atoms with van der Waals surface area (Å²) in [4.78, 5) is 13.9. The fraction of sp³-hybridized carbons (Fsp3) is 0.219. The molecule has 0 aromatic heterocycles. The molecule has 0 atom stereocenters. The maximum Gasteiger partial charge on any atom is -1.00 e. The fourth-order valence-electron chi connectivity index (χ4n) is 6.25. The van der Waals surface area contributed by atoms with Crippen LogP contribution in [0, 0.1) is 5.92 Å². The van der Waals surface area contributed by atoms with Crippen molar-refractivity contribution in [3.63, 3.8) is 0 Å². The predicted molar refractivity (Wildman–Crippen MR) is 148 cm³/mol. The quantitative estimate of drug-likeness (QED) is 0.269. The van der Waals surface area contributed by atoms with Gasteiger partial charge in [-0.1, -0.05) is 0 Å². The molecule has 4 aromatic carbocycles. The van der Waals surface area contributed by atoms with Gasteiger partial charge in [0.1, 0.15) is 0 Å². The molecule has 6 rings (SSSR count). The summed E-state index contributed by atoms with van der Waals surface area (Å²) in [5, 5.41) is 2.94. The van der Waals surface area contributed by atoms with E-state index in [9.17, 15) is 4.79 Å². The molecule has 193 valence electrons. The van der Waals surface area contributed by atoms with Crippen molar-refractivity contribution in [2.75, 3.05) is 0 Å². The number of nitrogens with one attached hydrogen (secondary N) is 1. The molecule has 0 bridgehead atoms. The summed E-state index contributed by atoms with van der Waals surface area (Å²) in [6.45, 7) is 0. The molecule has 0 saturated heterocycles. The van der Waals surface area contributed by atoms with Crippen molar-refractivity contribution < 1.29 is 50.5 Å². The Bertz CT molecular complexity index is 1260. The molecule has 0 heterocycles. The molecule has 1 N–H and O–H groups in total. The van der Waals surface area contributed by atoms with E-state index in [4.69, 9.17) is 0 Å². The smallest absolute Gasteiger partial charge is 1.00 e. The second-order valence-corrected chi connectivity index (χ2v) is 29.9. The maximum absolute atomic E-state index is 13.9. The summed E-state index contributed by atoms with van der Waals surface area (Å²) < 4.78 is 4.30. The summed E-state index contributed by atoms with van der Waals surface area (Å²) in [7, 11) is 0. The van der Waals surface area contributed by atoms with Crippen LogP contribution in [0.15, 0.2) is 109 Å². The van der Waals surface area contributed by atoms with Gasteiger partial charge in [0.05, 0.1) is 0 Å². The second-order valence-electron chi connectivity index (χ2n) is 10.1. The Morgan fingerprint density at radius 2 is 1.08 bits per heavy atom. The second kappa shape index (κ2) is 13.4. The van der Waals surface area contributed by atoms with Gasteiger partial charge in [0.25, 0.3) is 0 Å². The number of halogens is 2. The van der Waals surface area contributed by atoms with E-state index in [-0.39, 0.29) is 30.7 Å². The molecule has 1 saturated carbocycles. The minimum atomic E-state index is -2.96. The Labute approximate surface area is 247 Å². The average molecular weight is 724 g/mol. The molecule has 0 unspecified atom stereocenters. The van der Waals surface area contributed by atoms with Gasteiger partial charge in [0.15, 0.2) is 0 Å². The number of amides is 1. The first-order chi connectivity index (χ1) is 17.8. The standard InChI is InChI=1S/C13H9.C12H11Si.C7H13NO.2ClH.Hf/c1-3-7-12-10(5-1)9-11-6-2-4-8-13(11)12;1-3-7-11(8-4-1)13-12-9-5-2-6-10-12;8-7(9)6-4-2-1-3-5-6;;;/h1-9H;1-10,13H;6H,1-5H2,(H2,8,9);2*1H;/q;;;;;+3/p-3. The van der Waals surface area contributed by atoms with E-state index < -0.39 is 26.9 Å². The van der Waals surface area contributed by atoms with Crippen molar-refractivity contribution in [3.8, 4) is 11.1 Å². The van der Waals surface area contributed by atoms with Crippen molar-refractivity contribution >= 4 is 22.3 Å². The van der Waals surface area contributed by atoms with Crippen LogP contribution in [0.2, 0.25) is 0 Å². The van der Waals surface area contributed by atoms with Gasteiger partial charge in [-0.25, -0.2) is 0 Å². The van der Waals surface area contributed by atoms with Crippen LogP contribution in [0.25, 0.3) is 11.1 Å². The number of rotatable bonds is 6. The van der Waals surface area contributed by atoms with Gasteiger partial charge in [-0.15, -0.1) is 0 Å². The van der Waals surface area contributed by atoms with E-state index in [2.05, 4.69) is 112 Å². The summed E-state index contributed by atoms with van der Waals surface area (Å²) >= 11 is -2.96. The number of fused-ring (bicyclic) bond motifs is 3. The number of carbonyl (C=O) groups is 1. The Morgan fingerprint density at radius 3 is 1.58 bits per heavy atom. The molecule has 1 fully saturated rings. The van der Waals surface area contributed by atoms with Crippen LogP contribution in [-0.4, -0.2) is 11.9 Å². The number of carbonyl (C=O) groups excluding carboxylic acids is 1. The first kappa shape index (κ1) is 29.0. The molecule has 2 aliphatic rings. The van der Waals surface area contributed by atoms with Gasteiger partial charge < -0.3 is 24.8 Å². The van der Waals surface area contributed by atoms with E-state index in [1.54, 1.807) is 0 Å². The van der Waals surface area contributed by atoms with Crippen LogP contribution in [-0.2, 0) is 25.7 Å². The van der Waals surface area contributed by atoms with E-state index in [1.807, 2.05) is 0 Å². The predicted octanol–water partition coefficient (Wildman–Crippen LogP) is -0.468. The van der Waals surface area contributed by atoms with Crippen LogP contribution in [0.3, 0.4) is 0 Å². The molecule has 2 nitrogen and oxygen atoms in total. The van der Waals surface area contributed by atoms with E-state index in [0.717, 1.165) is 12.8 Å². The molecule has 1 amide bonds. The third-order valence-corrected chi connectivity index (χ3v) is 34.9. The van der Waals surface area contributed by atoms with Crippen LogP contribution < -0.4 is 38.5 Å². The molecule has 0 radical (unpaired) electrons. The van der Waals surface area contributed by atoms with E-state index in [0.29, 0.717) is 9.58 Å². The average Bonchev–Trinajstić information content (AvgIpc) is 3.28. The van der Waals surface area contributed by atoms with Gasteiger partial charge >= 0.3 is 224 Å². The minimum absolute atomic E-state index is 0. The fourth-order valence-corrected chi connectivity index (χ4v) is 36.7. The number of hydrogen-bond donors (Lipinski definition) is 1. The zero-order valence-corrected chi connectivity index (χ0v) is 27.6. The molecule has 38 heavy (non-hydrogen) atoms. The van der Waals surface area contributed by atoms with Crippen LogP contribution in [0.1, 0.15) is 46.9 Å². The summed E-state index contributed by atoms with van der Waals surface area (Å²) in [5.74, 6) is -1.13. The van der Waals surface area contributed by atoms with Gasteiger partial charge in [-0.05, 0) is 0 Å². The SMILES string of the molecule is O=C([NH][Hf+2]([CH]1c2ccccc2-c2ccccc21)[SiH](c1ccccc1)c1ccccc1)C1CCCCC1.[Cl-].[Cl-]. The van der Waals surface area contributed by atoms with Crippen molar-refractivity contribution in [1.82, 2.24) is 3.30 Å². The topological polar surface area (TPSA) is 29.1 Å². The summed E-state index contributed by atoms with van der Waals surface area (Å²) in [6, 6.07) is 40.2. The third kappa shape index (κ3) is 5.79. The minimum Gasteiger partial charge on any atom is -1.00 e. The normalized spacial score (nSPS) is 14.6. The Hall–Kier alpha value is -1.98. The van der Waals surface area contributed by atoms with E-state index in [1.165, 1.54) is 51.9 Å². The van der Waals surface area contributed by atoms with Crippen molar-refractivity contribution in [1.29, 1.82) is 0 Å². The molecular weight excluding hydrogens is 692 g/mol. The zero-order valence-electron chi connectivity index (χ0n) is 21.3. The third-order valence-electron chi connectivity index (χ3n) is 7.97. The summed E-state index contributed by atoms with van der Waals surface area (Å²) in [6.07, 6.45) is 5.74. The molecule has 2 aliphatic carbocycles. The van der Waals surface area contributed by atoms with Gasteiger partial charge in [-0.2, -0.15) is 0 Å². The first-order valence-electron chi connectivity index (χ1n) is 13.3. The van der Waals surface area contributed by atoms with Gasteiger partial charge in [0.2, 0.25) is 0 Å². The van der Waals surface area contributed by atoms with Crippen LogP contribution in [0.5, 0.6) is 0 Å². The summed E-state index contributed by atoms with van der Waals surface area (Å²) in [5.41, 5.74) is 5.60. The van der Waals surface area contributed by atoms with E-state index >= 15 is 0 Å². The zero-order chi connectivity index (χ0) is 24.3. The van der Waals surface area contributed by atoms with Gasteiger partial charge in [-0.3, -0.25) is 0 Å². The van der Waals surface area contributed by atoms with Crippen LogP contribution >= 0.6 is 0 Å². The van der Waals surface area contributed by atoms with Crippen molar-refractivity contribution in [2.45, 2.75) is 35.8 Å². The number of hydrogen-bond acceptors (Lipinski definition) is 1. The molecule has 0 spiro atoms. The Balaban J connectivity index is 0.00000168. The molecule has 4 aromatic rings. The van der Waals surface area contributed by atoms with Crippen molar-refractivity contribution in [2.24, 2.45) is 5.92 Å². The number of benzene rings is 4. The monoisotopic (exact) mass is 724 g/mol. The molecule has 6 heteroatoms. The maximum atomic E-state index is 13.9. The van der Waals surface area contributed by atoms with Gasteiger partial charge in [0, 0.05) is 0 Å². The Kier molecular flexibility index (Phi) is 10.2. The Morgan fingerprint density at radius 1 is 0.632 bits per heavy atom. The van der Waals surface area contributed by atoms with Crippen LogP contribution in [0.4, 0.5) is 0 Å². The molecular formula is C32H32Cl2HfNOSi. The first-order valence-corrected chi connectivity index (χ1v) is 25.1.